The van der Waals surface area contributed by atoms with Crippen LogP contribution in [-0.2, 0) is 27.3 Å². The summed E-state index contributed by atoms with van der Waals surface area (Å²) in [5.74, 6) is -0.373. The number of rotatable bonds is 10. The minimum Gasteiger partial charge on any atom is -0.376 e. The number of nitrogens with zero attached hydrogens (tertiary/aromatic N) is 4. The first kappa shape index (κ1) is 25.1. The molecule has 3 heterocycles. The molecule has 4 aromatic rings. The molecule has 192 valence electrons. The van der Waals surface area contributed by atoms with Gasteiger partial charge in [-0.1, -0.05) is 47.7 Å². The molecule has 0 unspecified atom stereocenters. The van der Waals surface area contributed by atoms with E-state index in [0.717, 1.165) is 46.5 Å². The van der Waals surface area contributed by atoms with E-state index in [-0.39, 0.29) is 24.5 Å². The molecule has 2 atom stereocenters. The van der Waals surface area contributed by atoms with Crippen molar-refractivity contribution in [2.24, 2.45) is 0 Å². The SMILES string of the molecule is Cc1ccsc1[C@@H](C(=O)NC[C@@H]1CCCO1)N(CCc1ccccc1)C(=O)Cn1nnc2ccccc21. The number of ether oxygens (including phenoxy) is 1. The predicted octanol–water partition coefficient (Wildman–Crippen LogP) is 3.91. The number of para-hydroxylation sites is 1. The fourth-order valence-corrected chi connectivity index (χ4v) is 5.76. The summed E-state index contributed by atoms with van der Waals surface area (Å²) in [7, 11) is 0. The van der Waals surface area contributed by atoms with E-state index in [1.54, 1.807) is 9.58 Å². The number of aromatic nitrogens is 3. The van der Waals surface area contributed by atoms with Crippen LogP contribution >= 0.6 is 11.3 Å². The van der Waals surface area contributed by atoms with E-state index in [1.807, 2.05) is 73.0 Å². The molecule has 0 aliphatic carbocycles. The first-order chi connectivity index (χ1) is 18.1. The van der Waals surface area contributed by atoms with Gasteiger partial charge in [0.15, 0.2) is 0 Å². The second kappa shape index (κ2) is 11.7. The minimum absolute atomic E-state index is 0.00472. The Kier molecular flexibility index (Phi) is 7.91. The summed E-state index contributed by atoms with van der Waals surface area (Å²) in [5, 5.41) is 13.5. The van der Waals surface area contributed by atoms with Crippen LogP contribution in [0.15, 0.2) is 66.0 Å². The molecule has 1 N–H and O–H groups in total. The Morgan fingerprint density at radius 2 is 1.97 bits per heavy atom. The number of carbonyl (C=O) groups excluding carboxylic acids is 2. The van der Waals surface area contributed by atoms with Crippen LogP contribution in [0.2, 0.25) is 0 Å². The van der Waals surface area contributed by atoms with Crippen LogP contribution in [0.4, 0.5) is 0 Å². The molecule has 2 aromatic carbocycles. The molecular weight excluding hydrogens is 486 g/mol. The summed E-state index contributed by atoms with van der Waals surface area (Å²) in [4.78, 5) is 30.2. The van der Waals surface area contributed by atoms with Crippen molar-refractivity contribution < 1.29 is 14.3 Å². The molecule has 1 fully saturated rings. The van der Waals surface area contributed by atoms with Crippen LogP contribution in [-0.4, -0.2) is 57.5 Å². The molecule has 0 bridgehead atoms. The van der Waals surface area contributed by atoms with Crippen molar-refractivity contribution in [3.8, 4) is 0 Å². The molecule has 1 saturated heterocycles. The van der Waals surface area contributed by atoms with Gasteiger partial charge in [-0.3, -0.25) is 9.59 Å². The maximum atomic E-state index is 13.9. The van der Waals surface area contributed by atoms with Crippen LogP contribution in [0.3, 0.4) is 0 Å². The number of amides is 2. The number of thiophene rings is 1. The summed E-state index contributed by atoms with van der Waals surface area (Å²) >= 11 is 1.50. The fourth-order valence-electron chi connectivity index (χ4n) is 4.73. The lowest BCUT2D eigenvalue weighted by atomic mass is 10.1. The highest BCUT2D eigenvalue weighted by molar-refractivity contribution is 7.10. The zero-order chi connectivity index (χ0) is 25.6. The predicted molar refractivity (Wildman–Crippen MR) is 143 cm³/mol. The van der Waals surface area contributed by atoms with Crippen LogP contribution in [0.5, 0.6) is 0 Å². The smallest absolute Gasteiger partial charge is 0.248 e. The van der Waals surface area contributed by atoms with Gasteiger partial charge in [0.05, 0.1) is 11.6 Å². The third-order valence-corrected chi connectivity index (χ3v) is 7.82. The maximum absolute atomic E-state index is 13.9. The van der Waals surface area contributed by atoms with Gasteiger partial charge in [-0.05, 0) is 60.9 Å². The number of nitrogens with one attached hydrogen (secondary N) is 1. The largest absolute Gasteiger partial charge is 0.376 e. The fraction of sp³-hybridized carbons (Fsp3) is 0.357. The van der Waals surface area contributed by atoms with Crippen LogP contribution in [0.1, 0.15) is 34.9 Å². The van der Waals surface area contributed by atoms with Gasteiger partial charge < -0.3 is 15.0 Å². The van der Waals surface area contributed by atoms with Gasteiger partial charge in [-0.15, -0.1) is 16.4 Å². The van der Waals surface area contributed by atoms with Crippen molar-refractivity contribution in [3.63, 3.8) is 0 Å². The van der Waals surface area contributed by atoms with Crippen molar-refractivity contribution in [1.82, 2.24) is 25.2 Å². The molecule has 0 radical (unpaired) electrons. The third kappa shape index (κ3) is 5.89. The molecular formula is C28H31N5O3S. The standard InChI is InChI=1S/C28H31N5O3S/c1-20-14-17-37-27(20)26(28(35)29-18-22-10-7-16-36-22)32(15-13-21-8-3-2-4-9-21)25(34)19-33-24-12-6-5-11-23(24)30-31-33/h2-6,8-9,11-12,14,17,22,26H,7,10,13,15-16,18-19H2,1H3,(H,29,35)/t22-,26-/m0/s1. The van der Waals surface area contributed by atoms with E-state index < -0.39 is 6.04 Å². The summed E-state index contributed by atoms with van der Waals surface area (Å²) in [6.45, 7) is 3.53. The Morgan fingerprint density at radius 1 is 1.16 bits per heavy atom. The molecule has 0 saturated carbocycles. The van der Waals surface area contributed by atoms with Crippen molar-refractivity contribution in [3.05, 3.63) is 82.0 Å². The second-order valence-electron chi connectivity index (χ2n) is 9.31. The van der Waals surface area contributed by atoms with Gasteiger partial charge in [-0.2, -0.15) is 0 Å². The highest BCUT2D eigenvalue weighted by Crippen LogP contribution is 2.30. The highest BCUT2D eigenvalue weighted by Gasteiger charge is 2.34. The van der Waals surface area contributed by atoms with Crippen molar-refractivity contribution in [1.29, 1.82) is 0 Å². The van der Waals surface area contributed by atoms with Crippen molar-refractivity contribution in [2.45, 2.75) is 44.9 Å². The van der Waals surface area contributed by atoms with Crippen LogP contribution in [0, 0.1) is 6.92 Å². The summed E-state index contributed by atoms with van der Waals surface area (Å²) in [5.41, 5.74) is 3.61. The molecule has 2 amide bonds. The van der Waals surface area contributed by atoms with Crippen LogP contribution in [0.25, 0.3) is 11.0 Å². The summed E-state index contributed by atoms with van der Waals surface area (Å²) in [6.07, 6.45) is 2.58. The Bertz CT molecular complexity index is 1350. The number of aryl methyl sites for hydroxylation is 1. The molecule has 1 aliphatic heterocycles. The lowest BCUT2D eigenvalue weighted by Crippen LogP contribution is -2.47. The highest BCUT2D eigenvalue weighted by atomic mass is 32.1. The number of carbonyl (C=O) groups is 2. The first-order valence-corrected chi connectivity index (χ1v) is 13.5. The molecule has 9 heteroatoms. The van der Waals surface area contributed by atoms with Gasteiger partial charge in [0.2, 0.25) is 11.8 Å². The Hall–Kier alpha value is -3.56. The van der Waals surface area contributed by atoms with Gasteiger partial charge in [0.25, 0.3) is 0 Å². The first-order valence-electron chi connectivity index (χ1n) is 12.6. The molecule has 5 rings (SSSR count). The third-order valence-electron chi connectivity index (χ3n) is 6.75. The monoisotopic (exact) mass is 517 g/mol. The normalized spacial score (nSPS) is 16.1. The van der Waals surface area contributed by atoms with Crippen molar-refractivity contribution >= 4 is 34.2 Å². The molecule has 8 nitrogen and oxygen atoms in total. The molecule has 37 heavy (non-hydrogen) atoms. The quantitative estimate of drug-likeness (QED) is 0.345. The number of benzene rings is 2. The minimum atomic E-state index is -0.743. The van der Waals surface area contributed by atoms with Gasteiger partial charge in [0, 0.05) is 24.6 Å². The van der Waals surface area contributed by atoms with Gasteiger partial charge >= 0.3 is 0 Å². The number of hydrogen-bond donors (Lipinski definition) is 1. The Balaban J connectivity index is 1.44. The summed E-state index contributed by atoms with van der Waals surface area (Å²) < 4.78 is 7.32. The van der Waals surface area contributed by atoms with Crippen molar-refractivity contribution in [2.75, 3.05) is 19.7 Å². The van der Waals surface area contributed by atoms with Crippen LogP contribution < -0.4 is 5.32 Å². The van der Waals surface area contributed by atoms with E-state index in [9.17, 15) is 9.59 Å². The maximum Gasteiger partial charge on any atom is 0.248 e. The van der Waals surface area contributed by atoms with E-state index >= 15 is 0 Å². The Morgan fingerprint density at radius 3 is 2.73 bits per heavy atom. The number of fused-ring (bicyclic) bond motifs is 1. The molecule has 1 aliphatic rings. The average Bonchev–Trinajstić information content (AvgIpc) is 3.68. The lowest BCUT2D eigenvalue weighted by molar-refractivity contribution is -0.141. The zero-order valence-corrected chi connectivity index (χ0v) is 21.7. The lowest BCUT2D eigenvalue weighted by Gasteiger charge is -2.31. The Labute approximate surface area is 220 Å². The summed E-state index contributed by atoms with van der Waals surface area (Å²) in [6, 6.07) is 18.8. The van der Waals surface area contributed by atoms with E-state index in [2.05, 4.69) is 15.6 Å². The van der Waals surface area contributed by atoms with E-state index in [4.69, 9.17) is 4.74 Å². The topological polar surface area (TPSA) is 89.4 Å². The zero-order valence-electron chi connectivity index (χ0n) is 20.9. The van der Waals surface area contributed by atoms with Gasteiger partial charge in [-0.25, -0.2) is 4.68 Å². The van der Waals surface area contributed by atoms with E-state index in [0.29, 0.717) is 19.5 Å². The second-order valence-corrected chi connectivity index (χ2v) is 10.3. The average molecular weight is 518 g/mol. The molecule has 2 aromatic heterocycles. The number of hydrogen-bond acceptors (Lipinski definition) is 6. The van der Waals surface area contributed by atoms with E-state index in [1.165, 1.54) is 11.3 Å². The molecule has 0 spiro atoms. The van der Waals surface area contributed by atoms with Gasteiger partial charge in [0.1, 0.15) is 18.1 Å².